The first-order chi connectivity index (χ1) is 17.5. The molecule has 8 heteroatoms. The molecule has 186 valence electrons. The van der Waals surface area contributed by atoms with Crippen molar-refractivity contribution in [1.29, 1.82) is 0 Å². The van der Waals surface area contributed by atoms with E-state index >= 15 is 0 Å². The zero-order valence-electron chi connectivity index (χ0n) is 20.8. The maximum atomic E-state index is 14.5. The number of para-hydroxylation sites is 1. The normalized spacial score (nSPS) is 24.3. The monoisotopic (exact) mass is 485 g/mol. The summed E-state index contributed by atoms with van der Waals surface area (Å²) in [5.41, 5.74) is 3.23. The molecule has 0 N–H and O–H groups in total. The molecule has 0 aliphatic carbocycles. The van der Waals surface area contributed by atoms with Crippen LogP contribution in [0.15, 0.2) is 60.9 Å². The zero-order chi connectivity index (χ0) is 24.9. The quantitative estimate of drug-likeness (QED) is 0.558. The van der Waals surface area contributed by atoms with E-state index in [1.54, 1.807) is 16.8 Å². The summed E-state index contributed by atoms with van der Waals surface area (Å²) in [6, 6.07) is 16.0. The number of likely N-dealkylation sites (N-methyl/N-ethyl adjacent to an activating group) is 1. The maximum Gasteiger partial charge on any atom is 0.242 e. The van der Waals surface area contributed by atoms with E-state index in [1.165, 1.54) is 0 Å². The van der Waals surface area contributed by atoms with Crippen LogP contribution in [-0.4, -0.2) is 64.7 Å². The van der Waals surface area contributed by atoms with E-state index in [0.717, 1.165) is 41.1 Å². The molecule has 36 heavy (non-hydrogen) atoms. The topological polar surface area (TPSA) is 70.9 Å². The van der Waals surface area contributed by atoms with Crippen LogP contribution in [0.2, 0.25) is 0 Å². The molecule has 1 fully saturated rings. The second-order valence-corrected chi connectivity index (χ2v) is 10.1. The number of likely N-dealkylation sites (tertiary alicyclic amines) is 1. The molecule has 4 heterocycles. The van der Waals surface area contributed by atoms with Gasteiger partial charge in [-0.3, -0.25) is 19.2 Å². The molecular formula is C28H31N5O3. The number of hydrogen-bond donors (Lipinski definition) is 0. The Hall–Kier alpha value is -3.65. The van der Waals surface area contributed by atoms with Gasteiger partial charge in [0.1, 0.15) is 12.3 Å². The molecule has 1 spiro atoms. The molecule has 1 aromatic heterocycles. The molecule has 2 atom stereocenters. The Bertz CT molecular complexity index is 1320. The first kappa shape index (κ1) is 22.8. The Labute approximate surface area is 211 Å². The smallest absolute Gasteiger partial charge is 0.242 e. The molecule has 3 aliphatic rings. The molecule has 6 rings (SSSR count). The van der Waals surface area contributed by atoms with Crippen LogP contribution in [0.1, 0.15) is 35.6 Å². The summed E-state index contributed by atoms with van der Waals surface area (Å²) in [5.74, 6) is 0.734. The van der Waals surface area contributed by atoms with E-state index in [4.69, 9.17) is 4.74 Å². The first-order valence-corrected chi connectivity index (χ1v) is 12.6. The number of nitrogens with zero attached hydrogens (tertiary/aromatic N) is 5. The highest BCUT2D eigenvalue weighted by Gasteiger charge is 2.60. The number of carbonyl (C=O) groups excluding carboxylic acids is 2. The number of rotatable bonds is 2. The van der Waals surface area contributed by atoms with E-state index in [0.29, 0.717) is 26.1 Å². The van der Waals surface area contributed by atoms with Crippen LogP contribution in [0, 0.1) is 0 Å². The first-order valence-electron chi connectivity index (χ1n) is 12.6. The van der Waals surface area contributed by atoms with Crippen molar-refractivity contribution in [1.82, 2.24) is 19.6 Å². The summed E-state index contributed by atoms with van der Waals surface area (Å²) in [6.45, 7) is 2.59. The van der Waals surface area contributed by atoms with Gasteiger partial charge in [0.05, 0.1) is 24.3 Å². The van der Waals surface area contributed by atoms with Gasteiger partial charge < -0.3 is 14.5 Å². The predicted octanol–water partition coefficient (Wildman–Crippen LogP) is 2.89. The summed E-state index contributed by atoms with van der Waals surface area (Å²) in [7, 11) is 3.71. The molecule has 1 saturated heterocycles. The number of aryl methyl sites for hydroxylation is 1. The van der Waals surface area contributed by atoms with Gasteiger partial charge in [-0.2, -0.15) is 5.10 Å². The van der Waals surface area contributed by atoms with Crippen LogP contribution in [0.25, 0.3) is 0 Å². The van der Waals surface area contributed by atoms with E-state index in [-0.39, 0.29) is 24.4 Å². The van der Waals surface area contributed by atoms with Gasteiger partial charge in [0.2, 0.25) is 11.8 Å². The second kappa shape index (κ2) is 8.78. The number of ether oxygens (including phenoxy) is 1. The van der Waals surface area contributed by atoms with Crippen molar-refractivity contribution < 1.29 is 14.3 Å². The lowest BCUT2D eigenvalue weighted by molar-refractivity contribution is -0.131. The maximum absolute atomic E-state index is 14.5. The van der Waals surface area contributed by atoms with Crippen LogP contribution in [-0.2, 0) is 28.6 Å². The van der Waals surface area contributed by atoms with Gasteiger partial charge in [0.15, 0.2) is 0 Å². The number of benzene rings is 2. The van der Waals surface area contributed by atoms with Gasteiger partial charge in [-0.05, 0) is 42.2 Å². The molecule has 2 aromatic carbocycles. The molecule has 8 nitrogen and oxygen atoms in total. The van der Waals surface area contributed by atoms with Crippen LogP contribution in [0.4, 0.5) is 5.69 Å². The molecule has 4 bridgehead atoms. The summed E-state index contributed by atoms with van der Waals surface area (Å²) in [6.07, 6.45) is 5.31. The highest BCUT2D eigenvalue weighted by Crippen LogP contribution is 2.57. The van der Waals surface area contributed by atoms with Gasteiger partial charge in [-0.15, -0.1) is 0 Å². The minimum atomic E-state index is -0.777. The lowest BCUT2D eigenvalue weighted by Gasteiger charge is -2.35. The second-order valence-electron chi connectivity index (χ2n) is 10.1. The fourth-order valence-electron chi connectivity index (χ4n) is 6.21. The minimum Gasteiger partial charge on any atom is -0.494 e. The van der Waals surface area contributed by atoms with Crippen molar-refractivity contribution in [3.63, 3.8) is 0 Å². The van der Waals surface area contributed by atoms with E-state index in [1.807, 2.05) is 54.5 Å². The average Bonchev–Trinajstić information content (AvgIpc) is 3.53. The van der Waals surface area contributed by atoms with Gasteiger partial charge in [0, 0.05) is 51.2 Å². The van der Waals surface area contributed by atoms with Crippen molar-refractivity contribution in [2.45, 2.75) is 30.8 Å². The number of fused-ring (bicyclic) bond motifs is 6. The van der Waals surface area contributed by atoms with Gasteiger partial charge in [-0.25, -0.2) is 0 Å². The van der Waals surface area contributed by atoms with Crippen LogP contribution >= 0.6 is 0 Å². The van der Waals surface area contributed by atoms with Crippen molar-refractivity contribution >= 4 is 17.5 Å². The summed E-state index contributed by atoms with van der Waals surface area (Å²) < 4.78 is 7.90. The lowest BCUT2D eigenvalue weighted by Crippen LogP contribution is -2.47. The number of anilines is 1. The van der Waals surface area contributed by atoms with Crippen molar-refractivity contribution in [3.05, 3.63) is 77.6 Å². The third-order valence-corrected chi connectivity index (χ3v) is 7.87. The average molecular weight is 486 g/mol. The SMILES string of the molecule is CN1CCCOc2cccc(c2)[C@@H]2N(Cc3cnn(C)c3)CC[C@]23C(=O)N(CC1=O)c1ccccc13. The van der Waals surface area contributed by atoms with Gasteiger partial charge >= 0.3 is 0 Å². The Morgan fingerprint density at radius 2 is 1.94 bits per heavy atom. The van der Waals surface area contributed by atoms with Crippen molar-refractivity contribution in [2.24, 2.45) is 7.05 Å². The molecule has 0 radical (unpaired) electrons. The van der Waals surface area contributed by atoms with Crippen molar-refractivity contribution in [3.8, 4) is 5.75 Å². The Morgan fingerprint density at radius 1 is 1.08 bits per heavy atom. The fraction of sp³-hybridized carbons (Fsp3) is 0.393. The molecular weight excluding hydrogens is 454 g/mol. The van der Waals surface area contributed by atoms with Gasteiger partial charge in [-0.1, -0.05) is 30.3 Å². The predicted molar refractivity (Wildman–Crippen MR) is 136 cm³/mol. The van der Waals surface area contributed by atoms with E-state index in [9.17, 15) is 9.59 Å². The van der Waals surface area contributed by atoms with E-state index < -0.39 is 5.41 Å². The third-order valence-electron chi connectivity index (χ3n) is 7.87. The van der Waals surface area contributed by atoms with Gasteiger partial charge in [0.25, 0.3) is 0 Å². The van der Waals surface area contributed by atoms with E-state index in [2.05, 4.69) is 28.2 Å². The summed E-state index contributed by atoms with van der Waals surface area (Å²) >= 11 is 0. The highest BCUT2D eigenvalue weighted by molar-refractivity contribution is 6.11. The number of aromatic nitrogens is 2. The largest absolute Gasteiger partial charge is 0.494 e. The van der Waals surface area contributed by atoms with Crippen molar-refractivity contribution in [2.75, 3.05) is 38.2 Å². The Balaban J connectivity index is 1.52. The zero-order valence-corrected chi connectivity index (χ0v) is 20.8. The number of amides is 2. The number of hydrogen-bond acceptors (Lipinski definition) is 5. The molecule has 0 saturated carbocycles. The number of carbonyl (C=O) groups is 2. The summed E-state index contributed by atoms with van der Waals surface area (Å²) in [5, 5.41) is 4.36. The standard InChI is InChI=1S/C28H31N5O3/c1-30-12-6-14-36-22-8-5-7-21(15-22)26-28(11-13-32(26)18-20-16-29-31(2)17-20)23-9-3-4-10-24(23)33(27(28)35)19-25(30)34/h3-5,7-10,15-17,26H,6,11-14,18-19H2,1-2H3/t26-,28+/m0/s1. The molecule has 3 aliphatic heterocycles. The molecule has 3 aromatic rings. The van der Waals surface area contributed by atoms with Crippen LogP contribution in [0.3, 0.4) is 0 Å². The lowest BCUT2D eigenvalue weighted by atomic mass is 9.72. The Morgan fingerprint density at radius 3 is 2.78 bits per heavy atom. The molecule has 2 amide bonds. The fourth-order valence-corrected chi connectivity index (χ4v) is 6.21. The summed E-state index contributed by atoms with van der Waals surface area (Å²) in [4.78, 5) is 33.4. The highest BCUT2D eigenvalue weighted by atomic mass is 16.5. The minimum absolute atomic E-state index is 0.00696. The van der Waals surface area contributed by atoms with Crippen LogP contribution in [0.5, 0.6) is 5.75 Å². The van der Waals surface area contributed by atoms with Crippen LogP contribution < -0.4 is 9.64 Å². The third kappa shape index (κ3) is 3.59. The molecule has 0 unspecified atom stereocenters. The Kier molecular flexibility index (Phi) is 5.56.